The minimum Gasteiger partial charge on any atom is -0.495 e. The first kappa shape index (κ1) is 20.7. The van der Waals surface area contributed by atoms with Gasteiger partial charge in [-0.15, -0.1) is 0 Å². The molecule has 0 saturated carbocycles. The van der Waals surface area contributed by atoms with Crippen molar-refractivity contribution in [2.24, 2.45) is 0 Å². The highest BCUT2D eigenvalue weighted by atomic mass is 32.2. The summed E-state index contributed by atoms with van der Waals surface area (Å²) in [5.74, 6) is 0.617. The van der Waals surface area contributed by atoms with E-state index in [0.29, 0.717) is 36.8 Å². The van der Waals surface area contributed by atoms with Gasteiger partial charge >= 0.3 is 0 Å². The quantitative estimate of drug-likeness (QED) is 0.761. The molecule has 1 heterocycles. The largest absolute Gasteiger partial charge is 0.495 e. The van der Waals surface area contributed by atoms with Crippen LogP contribution in [0.3, 0.4) is 0 Å². The number of nitrogens with zero attached hydrogens (tertiary/aromatic N) is 2. The summed E-state index contributed by atoms with van der Waals surface area (Å²) in [5, 5.41) is 3.10. The predicted octanol–water partition coefficient (Wildman–Crippen LogP) is 2.13. The van der Waals surface area contributed by atoms with Gasteiger partial charge in [0.05, 0.1) is 24.2 Å². The molecule has 1 aliphatic carbocycles. The van der Waals surface area contributed by atoms with E-state index >= 15 is 0 Å². The van der Waals surface area contributed by atoms with Gasteiger partial charge in [-0.25, -0.2) is 8.42 Å². The molecule has 0 aromatic heterocycles. The molecule has 2 aliphatic rings. The summed E-state index contributed by atoms with van der Waals surface area (Å²) in [6.45, 7) is 1.52. The number of carbonyl (C=O) groups excluding carboxylic acids is 1. The first-order chi connectivity index (χ1) is 14.5. The molecular weight excluding hydrogens is 402 g/mol. The van der Waals surface area contributed by atoms with Crippen molar-refractivity contribution < 1.29 is 17.9 Å². The summed E-state index contributed by atoms with van der Waals surface area (Å²) in [7, 11) is -1.95. The van der Waals surface area contributed by atoms with E-state index in [2.05, 4.69) is 5.32 Å². The molecular formula is C22H27N3O4S. The second-order valence-corrected chi connectivity index (χ2v) is 9.56. The van der Waals surface area contributed by atoms with E-state index in [1.807, 2.05) is 36.4 Å². The molecule has 0 bridgehead atoms. The van der Waals surface area contributed by atoms with Gasteiger partial charge in [-0.2, -0.15) is 4.31 Å². The zero-order chi connectivity index (χ0) is 21.1. The van der Waals surface area contributed by atoms with Crippen molar-refractivity contribution in [3.05, 3.63) is 53.6 Å². The fraction of sp³-hybridized carbons (Fsp3) is 0.409. The van der Waals surface area contributed by atoms with Gasteiger partial charge in [0, 0.05) is 26.2 Å². The van der Waals surface area contributed by atoms with Crippen LogP contribution in [0.1, 0.15) is 17.5 Å². The Bertz CT molecular complexity index is 1030. The Hall–Kier alpha value is -2.58. The number of nitrogens with one attached hydrogen (secondary N) is 1. The van der Waals surface area contributed by atoms with E-state index < -0.39 is 10.0 Å². The average Bonchev–Trinajstić information content (AvgIpc) is 3.25. The maximum atomic E-state index is 13.0. The highest BCUT2D eigenvalue weighted by molar-refractivity contribution is 7.89. The lowest BCUT2D eigenvalue weighted by Crippen LogP contribution is -2.51. The molecule has 2 aromatic rings. The van der Waals surface area contributed by atoms with Crippen LogP contribution in [0.2, 0.25) is 0 Å². The monoisotopic (exact) mass is 429 g/mol. The maximum absolute atomic E-state index is 13.0. The number of fused-ring (bicyclic) bond motifs is 1. The zero-order valence-corrected chi connectivity index (χ0v) is 18.0. The van der Waals surface area contributed by atoms with Crippen molar-refractivity contribution >= 4 is 21.6 Å². The van der Waals surface area contributed by atoms with Crippen LogP contribution >= 0.6 is 0 Å². The zero-order valence-electron chi connectivity index (χ0n) is 17.1. The Labute approximate surface area is 177 Å². The van der Waals surface area contributed by atoms with Gasteiger partial charge in [0.1, 0.15) is 5.75 Å². The minimum absolute atomic E-state index is 0.0597. The number of hydrogen-bond donors (Lipinski definition) is 1. The second-order valence-electron chi connectivity index (χ2n) is 7.62. The van der Waals surface area contributed by atoms with Crippen molar-refractivity contribution in [2.45, 2.75) is 24.2 Å². The molecule has 0 unspecified atom stereocenters. The Morgan fingerprint density at radius 1 is 1.03 bits per heavy atom. The third-order valence-corrected chi connectivity index (χ3v) is 7.73. The lowest BCUT2D eigenvalue weighted by atomic mass is 10.1. The first-order valence-corrected chi connectivity index (χ1v) is 11.7. The van der Waals surface area contributed by atoms with Crippen LogP contribution in [0.5, 0.6) is 5.75 Å². The van der Waals surface area contributed by atoms with Crippen LogP contribution in [0.15, 0.2) is 47.4 Å². The van der Waals surface area contributed by atoms with E-state index in [1.165, 1.54) is 9.87 Å². The molecule has 7 nitrogen and oxygen atoms in total. The van der Waals surface area contributed by atoms with Crippen molar-refractivity contribution in [1.82, 2.24) is 9.21 Å². The SMILES string of the molecule is COc1ccccc1NCC(=O)N1CCN(S(=O)(=O)c2ccc3c(c2)CCC3)CC1. The molecule has 8 heteroatoms. The molecule has 1 aliphatic heterocycles. The van der Waals surface area contributed by atoms with Crippen molar-refractivity contribution in [3.63, 3.8) is 0 Å². The number of methoxy groups -OCH3 is 1. The van der Waals surface area contributed by atoms with Crippen LogP contribution in [-0.2, 0) is 27.7 Å². The molecule has 0 radical (unpaired) electrons. The van der Waals surface area contributed by atoms with E-state index in [1.54, 1.807) is 18.1 Å². The Morgan fingerprint density at radius 2 is 1.77 bits per heavy atom. The van der Waals surface area contributed by atoms with E-state index in [0.717, 1.165) is 30.5 Å². The molecule has 1 amide bonds. The fourth-order valence-electron chi connectivity index (χ4n) is 4.11. The summed E-state index contributed by atoms with van der Waals surface area (Å²) in [5.41, 5.74) is 3.16. The lowest BCUT2D eigenvalue weighted by molar-refractivity contribution is -0.130. The average molecular weight is 430 g/mol. The molecule has 160 valence electrons. The Morgan fingerprint density at radius 3 is 2.53 bits per heavy atom. The van der Waals surface area contributed by atoms with Crippen LogP contribution in [0.4, 0.5) is 5.69 Å². The van der Waals surface area contributed by atoms with Gasteiger partial charge in [-0.3, -0.25) is 4.79 Å². The van der Waals surface area contributed by atoms with Gasteiger partial charge < -0.3 is 15.0 Å². The molecule has 1 N–H and O–H groups in total. The smallest absolute Gasteiger partial charge is 0.243 e. The molecule has 4 rings (SSSR count). The first-order valence-electron chi connectivity index (χ1n) is 10.3. The van der Waals surface area contributed by atoms with E-state index in [-0.39, 0.29) is 12.5 Å². The van der Waals surface area contributed by atoms with Crippen molar-refractivity contribution in [2.75, 3.05) is 45.2 Å². The minimum atomic E-state index is -3.53. The number of amides is 1. The molecule has 0 atom stereocenters. The summed E-state index contributed by atoms with van der Waals surface area (Å²) in [6.07, 6.45) is 3.06. The number of anilines is 1. The van der Waals surface area contributed by atoms with Gasteiger partial charge in [-0.1, -0.05) is 18.2 Å². The van der Waals surface area contributed by atoms with Crippen LogP contribution in [0, 0.1) is 0 Å². The lowest BCUT2D eigenvalue weighted by Gasteiger charge is -2.34. The standard InChI is InChI=1S/C22H27N3O4S/c1-29-21-8-3-2-7-20(21)23-16-22(26)24-11-13-25(14-12-24)30(27,28)19-10-9-17-5-4-6-18(17)15-19/h2-3,7-10,15,23H,4-6,11-14,16H2,1H3. The molecule has 2 aromatic carbocycles. The second kappa shape index (κ2) is 8.65. The number of sulfonamides is 1. The van der Waals surface area contributed by atoms with E-state index in [9.17, 15) is 13.2 Å². The topological polar surface area (TPSA) is 79.0 Å². The summed E-state index contributed by atoms with van der Waals surface area (Å²) in [4.78, 5) is 14.6. The number of para-hydroxylation sites is 2. The van der Waals surface area contributed by atoms with Crippen LogP contribution in [-0.4, -0.2) is 63.4 Å². The number of hydrogen-bond acceptors (Lipinski definition) is 5. The molecule has 30 heavy (non-hydrogen) atoms. The van der Waals surface area contributed by atoms with Gasteiger partial charge in [0.15, 0.2) is 0 Å². The number of aryl methyl sites for hydroxylation is 2. The van der Waals surface area contributed by atoms with Gasteiger partial charge in [0.25, 0.3) is 0 Å². The molecule has 1 fully saturated rings. The van der Waals surface area contributed by atoms with Gasteiger partial charge in [-0.05, 0) is 54.7 Å². The Balaban J connectivity index is 1.34. The summed E-state index contributed by atoms with van der Waals surface area (Å²) in [6, 6.07) is 12.9. The molecule has 0 spiro atoms. The number of rotatable bonds is 6. The Kier molecular flexibility index (Phi) is 5.97. The van der Waals surface area contributed by atoms with Crippen LogP contribution < -0.4 is 10.1 Å². The highest BCUT2D eigenvalue weighted by Gasteiger charge is 2.30. The number of piperazine rings is 1. The van der Waals surface area contributed by atoms with Crippen molar-refractivity contribution in [1.29, 1.82) is 0 Å². The highest BCUT2D eigenvalue weighted by Crippen LogP contribution is 2.27. The number of ether oxygens (including phenoxy) is 1. The molecule has 1 saturated heterocycles. The third kappa shape index (κ3) is 4.15. The summed E-state index contributed by atoms with van der Waals surface area (Å²) >= 11 is 0. The maximum Gasteiger partial charge on any atom is 0.243 e. The third-order valence-electron chi connectivity index (χ3n) is 5.84. The van der Waals surface area contributed by atoms with Crippen molar-refractivity contribution in [3.8, 4) is 5.75 Å². The number of carbonyl (C=O) groups is 1. The van der Waals surface area contributed by atoms with E-state index in [4.69, 9.17) is 4.74 Å². The predicted molar refractivity (Wildman–Crippen MR) is 115 cm³/mol. The summed E-state index contributed by atoms with van der Waals surface area (Å²) < 4.78 is 32.9. The fourth-order valence-corrected chi connectivity index (χ4v) is 5.58. The normalized spacial score (nSPS) is 16.9. The van der Waals surface area contributed by atoms with Gasteiger partial charge in [0.2, 0.25) is 15.9 Å². The van der Waals surface area contributed by atoms with Crippen LogP contribution in [0.25, 0.3) is 0 Å². The number of benzene rings is 2.